The Morgan fingerprint density at radius 3 is 2.53 bits per heavy atom. The van der Waals surface area contributed by atoms with Crippen molar-refractivity contribution in [3.8, 4) is 0 Å². The molecule has 0 aromatic heterocycles. The maximum Gasteiger partial charge on any atom is 0.344 e. The Hall–Kier alpha value is -1.42. The molecule has 0 N–H and O–H groups in total. The van der Waals surface area contributed by atoms with Crippen LogP contribution in [0.15, 0.2) is 12.1 Å². The molecule has 1 unspecified atom stereocenters. The maximum atomic E-state index is 13.9. The van der Waals surface area contributed by atoms with Crippen LogP contribution in [-0.2, 0) is 14.9 Å². The van der Waals surface area contributed by atoms with Crippen LogP contribution in [0.1, 0.15) is 48.5 Å². The first kappa shape index (κ1) is 12.0. The summed E-state index contributed by atoms with van der Waals surface area (Å²) >= 11 is 0. The van der Waals surface area contributed by atoms with Crippen LogP contribution >= 0.6 is 0 Å². The number of ether oxygens (including phenoxy) is 2. The van der Waals surface area contributed by atoms with Gasteiger partial charge in [0.1, 0.15) is 11.4 Å². The van der Waals surface area contributed by atoms with Crippen molar-refractivity contribution < 1.29 is 18.7 Å². The molecule has 0 spiro atoms. The molecule has 0 aliphatic carbocycles. The molecular formula is C13H15FO3. The number of halogens is 1. The van der Waals surface area contributed by atoms with Crippen LogP contribution in [-0.4, -0.2) is 13.1 Å². The molecule has 0 saturated heterocycles. The van der Waals surface area contributed by atoms with E-state index in [1.807, 2.05) is 20.8 Å². The molecule has 3 nitrogen and oxygen atoms in total. The number of hydrogen-bond donors (Lipinski definition) is 0. The number of methoxy groups -OCH3 is 1. The van der Waals surface area contributed by atoms with Gasteiger partial charge >= 0.3 is 5.97 Å². The van der Waals surface area contributed by atoms with Gasteiger partial charge < -0.3 is 9.47 Å². The Balaban J connectivity index is 2.61. The van der Waals surface area contributed by atoms with Crippen molar-refractivity contribution in [2.75, 3.05) is 7.11 Å². The molecule has 1 heterocycles. The zero-order valence-corrected chi connectivity index (χ0v) is 10.3. The van der Waals surface area contributed by atoms with Crippen molar-refractivity contribution >= 4 is 5.97 Å². The van der Waals surface area contributed by atoms with Crippen LogP contribution in [0, 0.1) is 5.82 Å². The average molecular weight is 238 g/mol. The molecule has 0 amide bonds. The van der Waals surface area contributed by atoms with E-state index in [0.717, 1.165) is 5.56 Å². The quantitative estimate of drug-likeness (QED) is 0.706. The molecule has 0 saturated carbocycles. The third kappa shape index (κ3) is 1.93. The van der Waals surface area contributed by atoms with Crippen LogP contribution in [0.2, 0.25) is 0 Å². The van der Waals surface area contributed by atoms with Gasteiger partial charge in [-0.2, -0.15) is 0 Å². The number of benzene rings is 1. The number of hydrogen-bond acceptors (Lipinski definition) is 3. The number of carbonyl (C=O) groups is 1. The first-order valence-corrected chi connectivity index (χ1v) is 5.42. The molecule has 0 bridgehead atoms. The highest BCUT2D eigenvalue weighted by atomic mass is 19.1. The summed E-state index contributed by atoms with van der Waals surface area (Å²) in [7, 11) is 1.43. The third-order valence-corrected chi connectivity index (χ3v) is 2.87. The van der Waals surface area contributed by atoms with Crippen molar-refractivity contribution in [1.82, 2.24) is 0 Å². The molecule has 1 atom stereocenters. The van der Waals surface area contributed by atoms with Gasteiger partial charge in [0.05, 0.1) is 0 Å². The first-order valence-electron chi connectivity index (χ1n) is 5.42. The monoisotopic (exact) mass is 238 g/mol. The molecular weight excluding hydrogens is 223 g/mol. The average Bonchev–Trinajstić information content (AvgIpc) is 2.54. The molecule has 4 heteroatoms. The van der Waals surface area contributed by atoms with Crippen molar-refractivity contribution in [2.45, 2.75) is 32.5 Å². The Bertz CT molecular complexity index is 474. The van der Waals surface area contributed by atoms with E-state index in [-0.39, 0.29) is 11.0 Å². The van der Waals surface area contributed by atoms with E-state index in [2.05, 4.69) is 0 Å². The van der Waals surface area contributed by atoms with E-state index in [4.69, 9.17) is 9.47 Å². The van der Waals surface area contributed by atoms with E-state index < -0.39 is 18.1 Å². The lowest BCUT2D eigenvalue weighted by molar-refractivity contribution is -0.0816. The number of carbonyl (C=O) groups excluding carboxylic acids is 1. The van der Waals surface area contributed by atoms with Crippen LogP contribution < -0.4 is 0 Å². The van der Waals surface area contributed by atoms with Crippen LogP contribution in [0.4, 0.5) is 4.39 Å². The highest BCUT2D eigenvalue weighted by Gasteiger charge is 2.35. The maximum absolute atomic E-state index is 13.9. The lowest BCUT2D eigenvalue weighted by Gasteiger charge is -2.20. The molecule has 1 aromatic rings. The molecule has 1 aromatic carbocycles. The van der Waals surface area contributed by atoms with Gasteiger partial charge in [-0.3, -0.25) is 0 Å². The Morgan fingerprint density at radius 2 is 2.00 bits per heavy atom. The van der Waals surface area contributed by atoms with Gasteiger partial charge in [0.2, 0.25) is 6.29 Å². The smallest absolute Gasteiger partial charge is 0.344 e. The lowest BCUT2D eigenvalue weighted by atomic mass is 9.85. The highest BCUT2D eigenvalue weighted by molar-refractivity contribution is 5.94. The molecule has 17 heavy (non-hydrogen) atoms. The van der Waals surface area contributed by atoms with E-state index in [9.17, 15) is 9.18 Å². The molecule has 2 rings (SSSR count). The van der Waals surface area contributed by atoms with E-state index >= 15 is 0 Å². The fourth-order valence-corrected chi connectivity index (χ4v) is 1.86. The van der Waals surface area contributed by atoms with Crippen molar-refractivity contribution in [1.29, 1.82) is 0 Å². The molecule has 92 valence electrons. The summed E-state index contributed by atoms with van der Waals surface area (Å²) in [6.07, 6.45) is -0.797. The second kappa shape index (κ2) is 3.81. The van der Waals surface area contributed by atoms with Gasteiger partial charge in [0, 0.05) is 12.7 Å². The zero-order chi connectivity index (χ0) is 12.8. The van der Waals surface area contributed by atoms with Gasteiger partial charge in [-0.25, -0.2) is 9.18 Å². The summed E-state index contributed by atoms with van der Waals surface area (Å²) in [5.74, 6) is -1.21. The summed E-state index contributed by atoms with van der Waals surface area (Å²) < 4.78 is 23.8. The van der Waals surface area contributed by atoms with Gasteiger partial charge in [-0.15, -0.1) is 0 Å². The standard InChI is InChI=1S/C13H15FO3/c1-13(2,3)7-5-8-10(9(14)6-7)11(15)17-12(8)16-4/h5-6,12H,1-4H3. The SMILES string of the molecule is COC1OC(=O)c2c(F)cc(C(C)(C)C)cc21. The minimum atomic E-state index is -0.797. The summed E-state index contributed by atoms with van der Waals surface area (Å²) in [6.45, 7) is 5.94. The largest absolute Gasteiger partial charge is 0.428 e. The Labute approximate surface area is 99.5 Å². The summed E-state index contributed by atoms with van der Waals surface area (Å²) in [4.78, 5) is 11.5. The second-order valence-corrected chi connectivity index (χ2v) is 5.15. The minimum absolute atomic E-state index is 0.00940. The van der Waals surface area contributed by atoms with Crippen LogP contribution in [0.3, 0.4) is 0 Å². The summed E-state index contributed by atoms with van der Waals surface area (Å²) in [5.41, 5.74) is 1.08. The molecule has 0 fully saturated rings. The number of rotatable bonds is 1. The van der Waals surface area contributed by atoms with Crippen molar-refractivity contribution in [3.63, 3.8) is 0 Å². The van der Waals surface area contributed by atoms with Crippen molar-refractivity contribution in [2.24, 2.45) is 0 Å². The topological polar surface area (TPSA) is 35.5 Å². The van der Waals surface area contributed by atoms with Gasteiger partial charge in [0.15, 0.2) is 0 Å². The fourth-order valence-electron chi connectivity index (χ4n) is 1.86. The summed E-state index contributed by atoms with van der Waals surface area (Å²) in [6, 6.07) is 3.16. The minimum Gasteiger partial charge on any atom is -0.428 e. The van der Waals surface area contributed by atoms with Crippen LogP contribution in [0.5, 0.6) is 0 Å². The van der Waals surface area contributed by atoms with Gasteiger partial charge in [-0.1, -0.05) is 20.8 Å². The van der Waals surface area contributed by atoms with Crippen molar-refractivity contribution in [3.05, 3.63) is 34.6 Å². The van der Waals surface area contributed by atoms with E-state index in [0.29, 0.717) is 5.56 Å². The Kier molecular flexibility index (Phi) is 2.70. The third-order valence-electron chi connectivity index (χ3n) is 2.87. The van der Waals surface area contributed by atoms with Gasteiger partial charge in [-0.05, 0) is 23.1 Å². The van der Waals surface area contributed by atoms with Crippen LogP contribution in [0.25, 0.3) is 0 Å². The van der Waals surface area contributed by atoms with Gasteiger partial charge in [0.25, 0.3) is 0 Å². The lowest BCUT2D eigenvalue weighted by Crippen LogP contribution is -2.13. The fraction of sp³-hybridized carbons (Fsp3) is 0.462. The number of fused-ring (bicyclic) bond motifs is 1. The normalized spacial score (nSPS) is 19.1. The highest BCUT2D eigenvalue weighted by Crippen LogP contribution is 2.36. The molecule has 1 aliphatic rings. The number of esters is 1. The summed E-state index contributed by atoms with van der Waals surface area (Å²) in [5, 5.41) is 0. The number of cyclic esters (lactones) is 1. The zero-order valence-electron chi connectivity index (χ0n) is 10.3. The van der Waals surface area contributed by atoms with E-state index in [1.165, 1.54) is 13.2 Å². The first-order chi connectivity index (χ1) is 7.84. The predicted octanol–water partition coefficient (Wildman–Crippen LogP) is 2.94. The van der Waals surface area contributed by atoms with E-state index in [1.54, 1.807) is 6.07 Å². The predicted molar refractivity (Wildman–Crippen MR) is 60.3 cm³/mol. The Morgan fingerprint density at radius 1 is 1.35 bits per heavy atom. The molecule has 0 radical (unpaired) electrons. The second-order valence-electron chi connectivity index (χ2n) is 5.15. The molecule has 1 aliphatic heterocycles.